The number of ether oxygens (including phenoxy) is 2. The molecule has 2 heterocycles. The average Bonchev–Trinajstić information content (AvgIpc) is 3.46. The van der Waals surface area contributed by atoms with Gasteiger partial charge in [0.1, 0.15) is 5.75 Å². The fraction of sp³-hybridized carbons (Fsp3) is 0.296. The van der Waals surface area contributed by atoms with Crippen LogP contribution in [0.5, 0.6) is 5.75 Å². The van der Waals surface area contributed by atoms with E-state index in [0.717, 1.165) is 16.3 Å². The normalized spacial score (nSPS) is 27.5. The molecular weight excluding hydrogens is 454 g/mol. The van der Waals surface area contributed by atoms with Crippen molar-refractivity contribution in [1.82, 2.24) is 4.90 Å². The monoisotopic (exact) mass is 475 g/mol. The molecule has 3 aliphatic rings. The van der Waals surface area contributed by atoms with Crippen molar-refractivity contribution in [3.63, 3.8) is 0 Å². The number of rotatable bonds is 3. The van der Waals surface area contributed by atoms with E-state index < -0.39 is 22.7 Å². The van der Waals surface area contributed by atoms with Gasteiger partial charge in [-0.25, -0.2) is 0 Å². The highest BCUT2D eigenvalue weighted by Crippen LogP contribution is 2.79. The topological polar surface area (TPSA) is 72.9 Å². The van der Waals surface area contributed by atoms with E-state index in [2.05, 4.69) is 0 Å². The molecule has 2 aliphatic heterocycles. The van der Waals surface area contributed by atoms with Gasteiger partial charge in [0.2, 0.25) is 5.91 Å². The first-order valence-corrected chi connectivity index (χ1v) is 11.7. The third-order valence-corrected chi connectivity index (χ3v) is 7.96. The molecule has 172 valence electrons. The second-order valence-corrected chi connectivity index (χ2v) is 9.71. The van der Waals surface area contributed by atoms with Crippen LogP contribution >= 0.6 is 11.6 Å². The van der Waals surface area contributed by atoms with E-state index in [4.69, 9.17) is 21.1 Å². The fourth-order valence-corrected chi connectivity index (χ4v) is 6.08. The Kier molecular flexibility index (Phi) is 4.63. The molecule has 3 aromatic carbocycles. The first-order valence-electron chi connectivity index (χ1n) is 11.3. The van der Waals surface area contributed by atoms with Crippen LogP contribution in [0, 0.1) is 10.8 Å². The Balaban J connectivity index is 1.57. The van der Waals surface area contributed by atoms with E-state index in [1.165, 1.54) is 0 Å². The summed E-state index contributed by atoms with van der Waals surface area (Å²) >= 11 is 6.04. The van der Waals surface area contributed by atoms with E-state index in [1.807, 2.05) is 30.3 Å². The molecule has 3 atom stereocenters. The highest BCUT2D eigenvalue weighted by molar-refractivity contribution is 6.30. The standard InChI is InChI=1S/C27H22ClNO5/c1-26(23(30)17-6-9-18(28)10-7-17)22-21-19-5-3-2-4-16(19)8-11-20(21)34-25(32)27(22,26)24(31)29-12-14-33-15-13-29/h2-11,22H,12-15H2,1H3/t22-,26-,27-/m0/s1. The lowest BCUT2D eigenvalue weighted by atomic mass is 9.86. The third kappa shape index (κ3) is 2.64. The second kappa shape index (κ2) is 7.39. The molecular formula is C27H22ClNO5. The first-order chi connectivity index (χ1) is 16.4. The van der Waals surface area contributed by atoms with Crippen molar-refractivity contribution in [2.45, 2.75) is 12.8 Å². The highest BCUT2D eigenvalue weighted by atomic mass is 35.5. The van der Waals surface area contributed by atoms with Crippen molar-refractivity contribution in [2.24, 2.45) is 10.8 Å². The number of carbonyl (C=O) groups excluding carboxylic acids is 3. The molecule has 6 rings (SSSR count). The van der Waals surface area contributed by atoms with Gasteiger partial charge in [-0.05, 0) is 48.0 Å². The molecule has 2 fully saturated rings. The van der Waals surface area contributed by atoms with Gasteiger partial charge >= 0.3 is 5.97 Å². The third-order valence-electron chi connectivity index (χ3n) is 7.70. The smallest absolute Gasteiger partial charge is 0.328 e. The number of nitrogens with zero attached hydrogens (tertiary/aromatic N) is 1. The number of hydrogen-bond acceptors (Lipinski definition) is 5. The zero-order valence-corrected chi connectivity index (χ0v) is 19.3. The van der Waals surface area contributed by atoms with Crippen LogP contribution in [0.15, 0.2) is 60.7 Å². The van der Waals surface area contributed by atoms with Crippen LogP contribution in [0.25, 0.3) is 10.8 Å². The molecule has 0 radical (unpaired) electrons. The molecule has 0 bridgehead atoms. The molecule has 0 spiro atoms. The van der Waals surface area contributed by atoms with Crippen LogP contribution in [-0.4, -0.2) is 48.9 Å². The maximum atomic E-state index is 14.1. The Morgan fingerprint density at radius 1 is 1.00 bits per heavy atom. The number of morpholine rings is 1. The Labute approximate surface area is 201 Å². The minimum absolute atomic E-state index is 0.270. The van der Waals surface area contributed by atoms with E-state index in [-0.39, 0.29) is 11.7 Å². The van der Waals surface area contributed by atoms with E-state index in [0.29, 0.717) is 42.6 Å². The Morgan fingerprint density at radius 2 is 1.71 bits per heavy atom. The summed E-state index contributed by atoms with van der Waals surface area (Å²) in [5.74, 6) is -1.53. The van der Waals surface area contributed by atoms with Gasteiger partial charge in [-0.2, -0.15) is 0 Å². The average molecular weight is 476 g/mol. The fourth-order valence-electron chi connectivity index (χ4n) is 5.96. The summed E-state index contributed by atoms with van der Waals surface area (Å²) in [6.07, 6.45) is 0. The second-order valence-electron chi connectivity index (χ2n) is 9.27. The van der Waals surface area contributed by atoms with Gasteiger partial charge in [0.25, 0.3) is 0 Å². The number of amides is 1. The van der Waals surface area contributed by atoms with Gasteiger partial charge in [0, 0.05) is 35.2 Å². The lowest BCUT2D eigenvalue weighted by molar-refractivity contribution is -0.156. The molecule has 7 heteroatoms. The molecule has 3 aromatic rings. The van der Waals surface area contributed by atoms with E-state index in [1.54, 1.807) is 42.2 Å². The predicted octanol–water partition coefficient (Wildman–Crippen LogP) is 4.24. The van der Waals surface area contributed by atoms with Gasteiger partial charge < -0.3 is 14.4 Å². The maximum Gasteiger partial charge on any atom is 0.328 e. The molecule has 0 aromatic heterocycles. The molecule has 1 saturated carbocycles. The predicted molar refractivity (Wildman–Crippen MR) is 126 cm³/mol. The summed E-state index contributed by atoms with van der Waals surface area (Å²) in [7, 11) is 0. The minimum Gasteiger partial charge on any atom is -0.425 e. The summed E-state index contributed by atoms with van der Waals surface area (Å²) in [5.41, 5.74) is -1.78. The summed E-state index contributed by atoms with van der Waals surface area (Å²) in [6.45, 7) is 3.25. The van der Waals surface area contributed by atoms with Crippen molar-refractivity contribution < 1.29 is 23.9 Å². The molecule has 0 unspecified atom stereocenters. The largest absolute Gasteiger partial charge is 0.425 e. The van der Waals surface area contributed by atoms with Gasteiger partial charge in [0.15, 0.2) is 11.2 Å². The number of halogens is 1. The molecule has 34 heavy (non-hydrogen) atoms. The number of carbonyl (C=O) groups is 3. The van der Waals surface area contributed by atoms with Crippen LogP contribution in [0.2, 0.25) is 5.02 Å². The van der Waals surface area contributed by atoms with Crippen LogP contribution in [0.1, 0.15) is 28.8 Å². The van der Waals surface area contributed by atoms with Gasteiger partial charge in [-0.1, -0.05) is 41.9 Å². The number of Topliss-reactive ketones (excluding diaryl/α,β-unsaturated/α-hetero) is 1. The zero-order chi connectivity index (χ0) is 23.7. The molecule has 0 N–H and O–H groups in total. The summed E-state index contributed by atoms with van der Waals surface area (Å²) in [4.78, 5) is 43.4. The lowest BCUT2D eigenvalue weighted by Crippen LogP contribution is -2.50. The number of hydrogen-bond donors (Lipinski definition) is 0. The number of fused-ring (bicyclic) bond motifs is 5. The van der Waals surface area contributed by atoms with Gasteiger partial charge in [-0.3, -0.25) is 14.4 Å². The van der Waals surface area contributed by atoms with Crippen molar-refractivity contribution in [3.8, 4) is 5.75 Å². The van der Waals surface area contributed by atoms with E-state index in [9.17, 15) is 14.4 Å². The Hall–Kier alpha value is -3.22. The molecule has 6 nitrogen and oxygen atoms in total. The quantitative estimate of drug-likeness (QED) is 0.245. The van der Waals surface area contributed by atoms with Gasteiger partial charge in [0.05, 0.1) is 18.6 Å². The number of ketones is 1. The SMILES string of the molecule is C[C@@]1(C(=O)c2ccc(Cl)cc2)[C@@H]2c3c(ccc4ccccc34)OC(=O)[C@@]21C(=O)N1CCOCC1. The highest BCUT2D eigenvalue weighted by Gasteiger charge is 2.88. The first kappa shape index (κ1) is 21.3. The molecule has 1 saturated heterocycles. The van der Waals surface area contributed by atoms with Crippen LogP contribution < -0.4 is 4.74 Å². The van der Waals surface area contributed by atoms with Crippen LogP contribution in [-0.2, 0) is 14.3 Å². The molecule has 1 aliphatic carbocycles. The number of benzene rings is 3. The van der Waals surface area contributed by atoms with Crippen LogP contribution in [0.3, 0.4) is 0 Å². The van der Waals surface area contributed by atoms with Crippen molar-refractivity contribution >= 4 is 40.0 Å². The summed E-state index contributed by atoms with van der Waals surface area (Å²) < 4.78 is 11.2. The van der Waals surface area contributed by atoms with Gasteiger partial charge in [-0.15, -0.1) is 0 Å². The maximum absolute atomic E-state index is 14.1. The van der Waals surface area contributed by atoms with Crippen LogP contribution in [0.4, 0.5) is 0 Å². The Bertz CT molecular complexity index is 1360. The van der Waals surface area contributed by atoms with E-state index >= 15 is 0 Å². The summed E-state index contributed by atoms with van der Waals surface area (Å²) in [5, 5.41) is 2.34. The molecule has 1 amide bonds. The van der Waals surface area contributed by atoms with Crippen molar-refractivity contribution in [2.75, 3.05) is 26.3 Å². The minimum atomic E-state index is -1.63. The van der Waals surface area contributed by atoms with Crippen molar-refractivity contribution in [3.05, 3.63) is 76.8 Å². The lowest BCUT2D eigenvalue weighted by Gasteiger charge is -2.32. The zero-order valence-electron chi connectivity index (χ0n) is 18.5. The summed E-state index contributed by atoms with van der Waals surface area (Å²) in [6, 6.07) is 18.0. The number of esters is 1. The van der Waals surface area contributed by atoms with Crippen molar-refractivity contribution in [1.29, 1.82) is 0 Å². The Morgan fingerprint density at radius 3 is 2.44 bits per heavy atom.